The third-order valence-corrected chi connectivity index (χ3v) is 4.25. The highest BCUT2D eigenvalue weighted by atomic mass is 79.9. The molecular weight excluding hydrogens is 440 g/mol. The number of amides is 2. The molecule has 2 aromatic carbocycles. The van der Waals surface area contributed by atoms with Gasteiger partial charge in [0.25, 0.3) is 5.91 Å². The Morgan fingerprint density at radius 3 is 2.38 bits per heavy atom. The maximum atomic E-state index is 12.2. The number of aromatic nitrogens is 2. The zero-order chi connectivity index (χ0) is 20.8. The lowest BCUT2D eigenvalue weighted by molar-refractivity contribution is -0.124. The molecule has 0 aliphatic carbocycles. The maximum Gasteiger partial charge on any atom is 0.257 e. The average Bonchev–Trinajstić information content (AvgIpc) is 2.69. The second-order valence-electron chi connectivity index (χ2n) is 5.99. The molecule has 3 aromatic rings. The van der Waals surface area contributed by atoms with Gasteiger partial charge < -0.3 is 20.5 Å². The molecule has 1 unspecified atom stereocenters. The molecule has 0 spiro atoms. The Hall–Kier alpha value is -3.30. The summed E-state index contributed by atoms with van der Waals surface area (Å²) in [5.41, 5.74) is 0.990. The topological polar surface area (TPSA) is 113 Å². The first-order valence-electron chi connectivity index (χ1n) is 8.52. The van der Waals surface area contributed by atoms with E-state index in [-0.39, 0.29) is 11.8 Å². The van der Waals surface area contributed by atoms with Gasteiger partial charge in [-0.1, -0.05) is 28.1 Å². The molecule has 0 aliphatic rings. The quantitative estimate of drug-likeness (QED) is 0.521. The first-order valence-corrected chi connectivity index (χ1v) is 9.32. The fourth-order valence-electron chi connectivity index (χ4n) is 2.38. The molecule has 3 N–H and O–H groups in total. The number of benzene rings is 2. The van der Waals surface area contributed by atoms with Crippen molar-refractivity contribution in [3.63, 3.8) is 0 Å². The number of nitrogens with one attached hydrogen (secondary N) is 2. The summed E-state index contributed by atoms with van der Waals surface area (Å²) in [6, 6.07) is 14.9. The first kappa shape index (κ1) is 20.4. The standard InChI is InChI=1S/C20H17BrN4O4/c1-12(26)24-17-10-18(23-11-22-17)29-16-8-6-15(7-9-16)25-20(28)19(27)13-2-4-14(21)5-3-13/h2-11,19,27H,1H3,(H,25,28)(H,22,23,24,26). The Balaban J connectivity index is 1.62. The lowest BCUT2D eigenvalue weighted by atomic mass is 10.1. The van der Waals surface area contributed by atoms with Gasteiger partial charge in [0.2, 0.25) is 11.8 Å². The largest absolute Gasteiger partial charge is 0.439 e. The van der Waals surface area contributed by atoms with Gasteiger partial charge in [0, 0.05) is 23.2 Å². The van der Waals surface area contributed by atoms with Crippen molar-refractivity contribution in [1.29, 1.82) is 0 Å². The Morgan fingerprint density at radius 1 is 1.03 bits per heavy atom. The number of hydrogen-bond donors (Lipinski definition) is 3. The van der Waals surface area contributed by atoms with Crippen molar-refractivity contribution in [3.8, 4) is 11.6 Å². The molecule has 1 heterocycles. The third kappa shape index (κ3) is 5.84. The second-order valence-corrected chi connectivity index (χ2v) is 6.91. The smallest absolute Gasteiger partial charge is 0.257 e. The van der Waals surface area contributed by atoms with E-state index < -0.39 is 12.0 Å². The summed E-state index contributed by atoms with van der Waals surface area (Å²) in [5.74, 6) is 0.264. The van der Waals surface area contributed by atoms with Crippen LogP contribution in [-0.2, 0) is 9.59 Å². The zero-order valence-corrected chi connectivity index (χ0v) is 16.9. The molecule has 29 heavy (non-hydrogen) atoms. The number of carbonyl (C=O) groups excluding carboxylic acids is 2. The van der Waals surface area contributed by atoms with Gasteiger partial charge in [0.15, 0.2) is 6.10 Å². The van der Waals surface area contributed by atoms with Crippen molar-refractivity contribution in [2.45, 2.75) is 13.0 Å². The molecule has 2 amide bonds. The molecule has 0 aliphatic heterocycles. The van der Waals surface area contributed by atoms with Gasteiger partial charge in [-0.15, -0.1) is 0 Å². The Kier molecular flexibility index (Phi) is 6.53. The van der Waals surface area contributed by atoms with Crippen molar-refractivity contribution in [2.24, 2.45) is 0 Å². The predicted octanol–water partition coefficient (Wildman–Crippen LogP) is 3.66. The van der Waals surface area contributed by atoms with Gasteiger partial charge in [-0.05, 0) is 42.0 Å². The van der Waals surface area contributed by atoms with Gasteiger partial charge in [-0.25, -0.2) is 9.97 Å². The van der Waals surface area contributed by atoms with E-state index in [1.54, 1.807) is 48.5 Å². The molecule has 148 valence electrons. The number of ether oxygens (including phenoxy) is 1. The van der Waals surface area contributed by atoms with Crippen LogP contribution in [-0.4, -0.2) is 26.9 Å². The Morgan fingerprint density at radius 2 is 1.72 bits per heavy atom. The SMILES string of the molecule is CC(=O)Nc1cc(Oc2ccc(NC(=O)C(O)c3ccc(Br)cc3)cc2)ncn1. The number of aliphatic hydroxyl groups is 1. The number of nitrogens with zero attached hydrogens (tertiary/aromatic N) is 2. The summed E-state index contributed by atoms with van der Waals surface area (Å²) in [7, 11) is 0. The van der Waals surface area contributed by atoms with E-state index in [2.05, 4.69) is 36.5 Å². The molecule has 0 bridgehead atoms. The van der Waals surface area contributed by atoms with E-state index in [0.29, 0.717) is 22.8 Å². The van der Waals surface area contributed by atoms with Crippen LogP contribution in [0, 0.1) is 0 Å². The predicted molar refractivity (Wildman–Crippen MR) is 111 cm³/mol. The third-order valence-electron chi connectivity index (χ3n) is 3.72. The van der Waals surface area contributed by atoms with Crippen molar-refractivity contribution in [1.82, 2.24) is 9.97 Å². The van der Waals surface area contributed by atoms with Crippen LogP contribution in [0.5, 0.6) is 11.6 Å². The number of hydrogen-bond acceptors (Lipinski definition) is 6. The highest BCUT2D eigenvalue weighted by Crippen LogP contribution is 2.24. The van der Waals surface area contributed by atoms with E-state index in [4.69, 9.17) is 4.74 Å². The van der Waals surface area contributed by atoms with Crippen LogP contribution in [0.15, 0.2) is 65.4 Å². The molecular formula is C20H17BrN4O4. The van der Waals surface area contributed by atoms with Crippen molar-refractivity contribution in [3.05, 3.63) is 71.0 Å². The van der Waals surface area contributed by atoms with Gasteiger partial charge in [0.1, 0.15) is 17.9 Å². The summed E-state index contributed by atoms with van der Waals surface area (Å²) >= 11 is 3.31. The number of anilines is 2. The van der Waals surface area contributed by atoms with Crippen LogP contribution in [0.4, 0.5) is 11.5 Å². The maximum absolute atomic E-state index is 12.2. The molecule has 8 nitrogen and oxygen atoms in total. The van der Waals surface area contributed by atoms with E-state index >= 15 is 0 Å². The highest BCUT2D eigenvalue weighted by Gasteiger charge is 2.17. The zero-order valence-electron chi connectivity index (χ0n) is 15.3. The molecule has 3 rings (SSSR count). The molecule has 1 atom stereocenters. The number of rotatable bonds is 6. The van der Waals surface area contributed by atoms with Gasteiger partial charge in [0.05, 0.1) is 0 Å². The van der Waals surface area contributed by atoms with E-state index in [9.17, 15) is 14.7 Å². The molecule has 1 aromatic heterocycles. The van der Waals surface area contributed by atoms with Crippen molar-refractivity contribution in [2.75, 3.05) is 10.6 Å². The van der Waals surface area contributed by atoms with Gasteiger partial charge in [-0.2, -0.15) is 0 Å². The van der Waals surface area contributed by atoms with E-state index in [1.165, 1.54) is 19.3 Å². The number of halogens is 1. The summed E-state index contributed by atoms with van der Waals surface area (Å²) in [4.78, 5) is 31.2. The number of carbonyl (C=O) groups is 2. The molecule has 0 fully saturated rings. The summed E-state index contributed by atoms with van der Waals surface area (Å²) < 4.78 is 6.48. The number of aliphatic hydroxyl groups excluding tert-OH is 1. The first-order chi connectivity index (χ1) is 13.9. The van der Waals surface area contributed by atoms with Gasteiger partial charge >= 0.3 is 0 Å². The van der Waals surface area contributed by atoms with E-state index in [1.807, 2.05) is 0 Å². The van der Waals surface area contributed by atoms with Crippen LogP contribution in [0.2, 0.25) is 0 Å². The average molecular weight is 457 g/mol. The normalized spacial score (nSPS) is 11.4. The Labute approximate surface area is 175 Å². The van der Waals surface area contributed by atoms with E-state index in [0.717, 1.165) is 4.47 Å². The summed E-state index contributed by atoms with van der Waals surface area (Å²) in [6.07, 6.45) is -0.00846. The molecule has 9 heteroatoms. The second kappa shape index (κ2) is 9.26. The minimum absolute atomic E-state index is 0.250. The summed E-state index contributed by atoms with van der Waals surface area (Å²) in [5, 5.41) is 15.4. The monoisotopic (exact) mass is 456 g/mol. The lowest BCUT2D eigenvalue weighted by Gasteiger charge is -2.12. The molecule has 0 radical (unpaired) electrons. The van der Waals surface area contributed by atoms with Crippen LogP contribution < -0.4 is 15.4 Å². The fraction of sp³-hybridized carbons (Fsp3) is 0.100. The van der Waals surface area contributed by atoms with Crippen molar-refractivity contribution < 1.29 is 19.4 Å². The highest BCUT2D eigenvalue weighted by molar-refractivity contribution is 9.10. The van der Waals surface area contributed by atoms with Gasteiger partial charge in [-0.3, -0.25) is 9.59 Å². The molecule has 0 saturated carbocycles. The minimum atomic E-state index is -1.28. The summed E-state index contributed by atoms with van der Waals surface area (Å²) in [6.45, 7) is 1.38. The fourth-order valence-corrected chi connectivity index (χ4v) is 2.64. The van der Waals surface area contributed by atoms with Crippen LogP contribution >= 0.6 is 15.9 Å². The van der Waals surface area contributed by atoms with Crippen molar-refractivity contribution >= 4 is 39.2 Å². The van der Waals surface area contributed by atoms with Crippen LogP contribution in [0.3, 0.4) is 0 Å². The minimum Gasteiger partial charge on any atom is -0.439 e. The lowest BCUT2D eigenvalue weighted by Crippen LogP contribution is -2.20. The Bertz CT molecular complexity index is 1010. The van der Waals surface area contributed by atoms with Crippen LogP contribution in [0.25, 0.3) is 0 Å². The molecule has 0 saturated heterocycles. The van der Waals surface area contributed by atoms with Crippen LogP contribution in [0.1, 0.15) is 18.6 Å².